The summed E-state index contributed by atoms with van der Waals surface area (Å²) < 4.78 is 7.54. The van der Waals surface area contributed by atoms with Gasteiger partial charge in [-0.15, -0.1) is 0 Å². The maximum Gasteiger partial charge on any atom is 0.227 e. The van der Waals surface area contributed by atoms with Crippen LogP contribution in [0.25, 0.3) is 10.9 Å². The molecule has 7 nitrogen and oxygen atoms in total. The van der Waals surface area contributed by atoms with E-state index in [9.17, 15) is 9.59 Å². The molecule has 2 amide bonds. The number of fused-ring (bicyclic) bond motifs is 1. The van der Waals surface area contributed by atoms with Gasteiger partial charge in [0.25, 0.3) is 0 Å². The Morgan fingerprint density at radius 2 is 1.82 bits per heavy atom. The minimum Gasteiger partial charge on any atom is -0.385 e. The molecule has 5 rings (SSSR count). The molecule has 1 saturated heterocycles. The van der Waals surface area contributed by atoms with Crippen molar-refractivity contribution < 1.29 is 14.3 Å². The molecular weight excluding hydrogens is 476 g/mol. The van der Waals surface area contributed by atoms with E-state index in [4.69, 9.17) is 4.74 Å². The van der Waals surface area contributed by atoms with Crippen molar-refractivity contribution in [2.45, 2.75) is 51.2 Å². The minimum absolute atomic E-state index is 0.0445. The largest absolute Gasteiger partial charge is 0.385 e. The highest BCUT2D eigenvalue weighted by atomic mass is 16.5. The SMILES string of the molecule is COCCCn1cc(CN(C(=O)[C@H]2CNC[C@@H](C(=O)NCCc3ccccc3)C2)C2CC2)c2ccccc21. The van der Waals surface area contributed by atoms with Crippen LogP contribution in [0.15, 0.2) is 60.8 Å². The maximum atomic E-state index is 13.8. The molecule has 7 heteroatoms. The number of ether oxygens (including phenoxy) is 1. The van der Waals surface area contributed by atoms with E-state index in [0.29, 0.717) is 38.6 Å². The van der Waals surface area contributed by atoms with Crippen LogP contribution in [0.1, 0.15) is 36.8 Å². The summed E-state index contributed by atoms with van der Waals surface area (Å²) in [5, 5.41) is 7.67. The number of hydrogen-bond donors (Lipinski definition) is 2. The number of methoxy groups -OCH3 is 1. The second-order valence-corrected chi connectivity index (χ2v) is 10.7. The smallest absolute Gasteiger partial charge is 0.227 e. The number of nitrogens with one attached hydrogen (secondary N) is 2. The van der Waals surface area contributed by atoms with Crippen LogP contribution in [0.3, 0.4) is 0 Å². The molecular formula is C31H40N4O3. The number of para-hydroxylation sites is 1. The molecule has 1 aliphatic heterocycles. The number of amides is 2. The Hall–Kier alpha value is -3.16. The molecule has 0 spiro atoms. The lowest BCUT2D eigenvalue weighted by Gasteiger charge is -2.33. The highest BCUT2D eigenvalue weighted by molar-refractivity contribution is 5.86. The first-order valence-electron chi connectivity index (χ1n) is 14.0. The molecule has 3 aromatic rings. The van der Waals surface area contributed by atoms with Crippen LogP contribution in [-0.4, -0.2) is 60.7 Å². The maximum absolute atomic E-state index is 13.8. The molecule has 2 aromatic carbocycles. The Morgan fingerprint density at radius 1 is 1.05 bits per heavy atom. The topological polar surface area (TPSA) is 75.6 Å². The number of rotatable bonds is 12. The lowest BCUT2D eigenvalue weighted by Crippen LogP contribution is -2.49. The molecule has 2 N–H and O–H groups in total. The van der Waals surface area contributed by atoms with Crippen LogP contribution in [0.5, 0.6) is 0 Å². The van der Waals surface area contributed by atoms with Crippen LogP contribution in [0.2, 0.25) is 0 Å². The molecule has 2 heterocycles. The molecule has 1 aromatic heterocycles. The van der Waals surface area contributed by atoms with Crippen LogP contribution >= 0.6 is 0 Å². The van der Waals surface area contributed by atoms with Crippen molar-refractivity contribution in [3.05, 3.63) is 71.9 Å². The van der Waals surface area contributed by atoms with Crippen molar-refractivity contribution in [3.8, 4) is 0 Å². The summed E-state index contributed by atoms with van der Waals surface area (Å²) in [4.78, 5) is 28.9. The minimum atomic E-state index is -0.183. The van der Waals surface area contributed by atoms with Crippen LogP contribution < -0.4 is 10.6 Å². The Kier molecular flexibility index (Phi) is 8.76. The van der Waals surface area contributed by atoms with E-state index in [1.165, 1.54) is 22.0 Å². The van der Waals surface area contributed by atoms with Gasteiger partial charge >= 0.3 is 0 Å². The lowest BCUT2D eigenvalue weighted by atomic mass is 9.88. The van der Waals surface area contributed by atoms with Crippen LogP contribution in [0.4, 0.5) is 0 Å². The Bertz CT molecular complexity index is 1220. The Balaban J connectivity index is 1.22. The van der Waals surface area contributed by atoms with Crippen molar-refractivity contribution >= 4 is 22.7 Å². The van der Waals surface area contributed by atoms with Crippen molar-refractivity contribution in [2.24, 2.45) is 11.8 Å². The number of aromatic nitrogens is 1. The molecule has 1 aliphatic carbocycles. The van der Waals surface area contributed by atoms with E-state index < -0.39 is 0 Å². The highest BCUT2D eigenvalue weighted by Crippen LogP contribution is 2.33. The quantitative estimate of drug-likeness (QED) is 0.360. The van der Waals surface area contributed by atoms with E-state index >= 15 is 0 Å². The van der Waals surface area contributed by atoms with Gasteiger partial charge in [-0.2, -0.15) is 0 Å². The molecule has 0 bridgehead atoms. The predicted octanol–water partition coefficient (Wildman–Crippen LogP) is 3.75. The molecule has 2 aliphatic rings. The monoisotopic (exact) mass is 516 g/mol. The van der Waals surface area contributed by atoms with E-state index in [-0.39, 0.29) is 23.7 Å². The summed E-state index contributed by atoms with van der Waals surface area (Å²) in [5.41, 5.74) is 3.60. The van der Waals surface area contributed by atoms with Gasteiger partial charge in [0.2, 0.25) is 11.8 Å². The zero-order valence-corrected chi connectivity index (χ0v) is 22.4. The summed E-state index contributed by atoms with van der Waals surface area (Å²) in [6.07, 6.45) is 6.69. The first kappa shape index (κ1) is 26.4. The summed E-state index contributed by atoms with van der Waals surface area (Å²) in [6, 6.07) is 18.9. The zero-order valence-electron chi connectivity index (χ0n) is 22.4. The van der Waals surface area contributed by atoms with E-state index in [1.807, 2.05) is 18.2 Å². The van der Waals surface area contributed by atoms with Crippen LogP contribution in [0, 0.1) is 11.8 Å². The van der Waals surface area contributed by atoms with Gasteiger partial charge in [-0.05, 0) is 49.3 Å². The third kappa shape index (κ3) is 6.45. The molecule has 0 unspecified atom stereocenters. The van der Waals surface area contributed by atoms with Crippen molar-refractivity contribution in [1.29, 1.82) is 0 Å². The summed E-state index contributed by atoms with van der Waals surface area (Å²) >= 11 is 0. The third-order valence-corrected chi connectivity index (χ3v) is 7.86. The molecule has 2 atom stereocenters. The molecule has 1 saturated carbocycles. The van der Waals surface area contributed by atoms with Gasteiger partial charge in [-0.3, -0.25) is 9.59 Å². The second kappa shape index (κ2) is 12.6. The fourth-order valence-corrected chi connectivity index (χ4v) is 5.65. The number of nitrogens with zero attached hydrogens (tertiary/aromatic N) is 2. The molecule has 38 heavy (non-hydrogen) atoms. The fourth-order valence-electron chi connectivity index (χ4n) is 5.65. The first-order valence-corrected chi connectivity index (χ1v) is 14.0. The van der Waals surface area contributed by atoms with Gasteiger partial charge in [0, 0.05) is 69.6 Å². The summed E-state index contributed by atoms with van der Waals surface area (Å²) in [6.45, 7) is 4.10. The predicted molar refractivity (Wildman–Crippen MR) is 150 cm³/mol. The first-order chi connectivity index (χ1) is 18.6. The van der Waals surface area contributed by atoms with Gasteiger partial charge in [-0.1, -0.05) is 48.5 Å². The van der Waals surface area contributed by atoms with E-state index in [1.54, 1.807) is 7.11 Å². The Labute approximate surface area is 225 Å². The van der Waals surface area contributed by atoms with Gasteiger partial charge in [0.05, 0.1) is 11.8 Å². The fraction of sp³-hybridized carbons (Fsp3) is 0.484. The number of hydrogen-bond acceptors (Lipinski definition) is 4. The number of benzene rings is 2. The standard InChI is InChI=1S/C31H40N4O3/c1-38-17-7-16-34-21-26(28-10-5-6-11-29(28)34)22-35(27-12-13-27)31(37)25-18-24(19-32-20-25)30(36)33-15-14-23-8-3-2-4-9-23/h2-6,8-11,21,24-25,27,32H,7,12-20,22H2,1H3,(H,33,36)/t24-,25+/m0/s1. The normalized spacial score (nSPS) is 19.4. The molecule has 0 radical (unpaired) electrons. The zero-order chi connectivity index (χ0) is 26.3. The van der Waals surface area contributed by atoms with Gasteiger partial charge in [0.1, 0.15) is 0 Å². The van der Waals surface area contributed by atoms with Crippen LogP contribution in [-0.2, 0) is 33.8 Å². The van der Waals surface area contributed by atoms with Gasteiger partial charge in [0.15, 0.2) is 0 Å². The molecule has 2 fully saturated rings. The number of piperidine rings is 1. The van der Waals surface area contributed by atoms with Crippen molar-refractivity contribution in [3.63, 3.8) is 0 Å². The average Bonchev–Trinajstić information content (AvgIpc) is 3.74. The summed E-state index contributed by atoms with van der Waals surface area (Å²) in [5.74, 6) is -0.137. The highest BCUT2D eigenvalue weighted by Gasteiger charge is 2.39. The van der Waals surface area contributed by atoms with E-state index in [0.717, 1.165) is 38.8 Å². The number of carbonyl (C=O) groups is 2. The molecule has 202 valence electrons. The Morgan fingerprint density at radius 3 is 2.61 bits per heavy atom. The number of carbonyl (C=O) groups excluding carboxylic acids is 2. The third-order valence-electron chi connectivity index (χ3n) is 7.86. The number of aryl methyl sites for hydroxylation is 1. The van der Waals surface area contributed by atoms with E-state index in [2.05, 4.69) is 62.7 Å². The lowest BCUT2D eigenvalue weighted by molar-refractivity contribution is -0.138. The van der Waals surface area contributed by atoms with Crippen molar-refractivity contribution in [1.82, 2.24) is 20.1 Å². The van der Waals surface area contributed by atoms with Crippen molar-refractivity contribution in [2.75, 3.05) is 33.4 Å². The average molecular weight is 517 g/mol. The summed E-state index contributed by atoms with van der Waals surface area (Å²) in [7, 11) is 1.73. The van der Waals surface area contributed by atoms with Gasteiger partial charge < -0.3 is 24.8 Å². The second-order valence-electron chi connectivity index (χ2n) is 10.7. The van der Waals surface area contributed by atoms with Gasteiger partial charge in [-0.25, -0.2) is 0 Å².